The zero-order chi connectivity index (χ0) is 38.1. The Balaban J connectivity index is 4.21. The van der Waals surface area contributed by atoms with Crippen molar-refractivity contribution in [2.45, 2.75) is 161 Å². The van der Waals surface area contributed by atoms with E-state index < -0.39 is 19.9 Å². The number of allylic oxidation sites excluding steroid dienone is 12. The van der Waals surface area contributed by atoms with Crippen molar-refractivity contribution in [2.24, 2.45) is 5.73 Å². The van der Waals surface area contributed by atoms with Crippen LogP contribution in [0.3, 0.4) is 0 Å². The fourth-order valence-corrected chi connectivity index (χ4v) is 5.96. The highest BCUT2D eigenvalue weighted by molar-refractivity contribution is 7.47. The van der Waals surface area contributed by atoms with E-state index in [1.54, 1.807) is 0 Å². The third-order valence-electron chi connectivity index (χ3n) is 8.15. The predicted molar refractivity (Wildman–Crippen MR) is 219 cm³/mol. The van der Waals surface area contributed by atoms with Gasteiger partial charge in [-0.05, 0) is 51.4 Å². The van der Waals surface area contributed by atoms with Crippen molar-refractivity contribution in [1.82, 2.24) is 0 Å². The molecule has 0 fully saturated rings. The van der Waals surface area contributed by atoms with E-state index in [1.165, 1.54) is 77.0 Å². The summed E-state index contributed by atoms with van der Waals surface area (Å²) in [6.45, 7) is 4.70. The van der Waals surface area contributed by atoms with Gasteiger partial charge in [-0.25, -0.2) is 4.57 Å². The molecular formula is C43H76NO7P. The molecule has 1 unspecified atom stereocenters. The Bertz CT molecular complexity index is 1020. The molecule has 8 nitrogen and oxygen atoms in total. The van der Waals surface area contributed by atoms with E-state index in [0.717, 1.165) is 51.4 Å². The third kappa shape index (κ3) is 39.2. The molecule has 0 radical (unpaired) electrons. The Morgan fingerprint density at radius 2 is 1.04 bits per heavy atom. The number of rotatable bonds is 38. The van der Waals surface area contributed by atoms with Crippen LogP contribution >= 0.6 is 7.82 Å². The van der Waals surface area contributed by atoms with Gasteiger partial charge in [0.25, 0.3) is 0 Å². The zero-order valence-electron chi connectivity index (χ0n) is 33.0. The van der Waals surface area contributed by atoms with Crippen molar-refractivity contribution in [3.63, 3.8) is 0 Å². The van der Waals surface area contributed by atoms with Crippen LogP contribution in [0.5, 0.6) is 0 Å². The van der Waals surface area contributed by atoms with Gasteiger partial charge in [0.2, 0.25) is 0 Å². The van der Waals surface area contributed by atoms with Gasteiger partial charge in [0, 0.05) is 19.6 Å². The van der Waals surface area contributed by atoms with Gasteiger partial charge in [0.15, 0.2) is 0 Å². The van der Waals surface area contributed by atoms with E-state index in [-0.39, 0.29) is 32.8 Å². The Kier molecular flexibility index (Phi) is 38.5. The molecule has 0 rings (SSSR count). The van der Waals surface area contributed by atoms with Gasteiger partial charge in [-0.15, -0.1) is 0 Å². The van der Waals surface area contributed by atoms with E-state index in [9.17, 15) is 14.3 Å². The summed E-state index contributed by atoms with van der Waals surface area (Å²) in [6, 6.07) is 0. The maximum atomic E-state index is 12.5. The normalized spacial score (nSPS) is 14.3. The zero-order valence-corrected chi connectivity index (χ0v) is 33.9. The Morgan fingerprint density at radius 1 is 0.596 bits per heavy atom. The summed E-state index contributed by atoms with van der Waals surface area (Å²) in [7, 11) is -4.30. The molecule has 0 bridgehead atoms. The fourth-order valence-electron chi connectivity index (χ4n) is 5.20. The lowest BCUT2D eigenvalue weighted by molar-refractivity contribution is -0.154. The van der Waals surface area contributed by atoms with Gasteiger partial charge in [-0.3, -0.25) is 13.8 Å². The second-order valence-corrected chi connectivity index (χ2v) is 14.6. The minimum Gasteiger partial charge on any atom is -0.457 e. The molecule has 3 N–H and O–H groups in total. The Hall–Kier alpha value is -2.06. The van der Waals surface area contributed by atoms with Gasteiger partial charge in [0.05, 0.1) is 19.8 Å². The van der Waals surface area contributed by atoms with Crippen molar-refractivity contribution in [2.75, 3.05) is 33.0 Å². The van der Waals surface area contributed by atoms with E-state index in [2.05, 4.69) is 74.6 Å². The number of hydrogen-bond donors (Lipinski definition) is 2. The van der Waals surface area contributed by atoms with E-state index in [1.807, 2.05) is 12.2 Å². The second-order valence-electron chi connectivity index (χ2n) is 13.1. The summed E-state index contributed by atoms with van der Waals surface area (Å²) in [5.41, 5.74) is 5.35. The van der Waals surface area contributed by atoms with Crippen molar-refractivity contribution < 1.29 is 32.8 Å². The highest BCUT2D eigenvalue weighted by Crippen LogP contribution is 2.43. The maximum absolute atomic E-state index is 12.5. The highest BCUT2D eigenvalue weighted by Gasteiger charge is 2.25. The molecule has 300 valence electrons. The average molecular weight is 750 g/mol. The first kappa shape index (κ1) is 49.9. The molecule has 9 heteroatoms. The lowest BCUT2D eigenvalue weighted by Gasteiger charge is -2.20. The number of phosphoric ester groups is 1. The molecule has 0 aliphatic carbocycles. The summed E-state index contributed by atoms with van der Waals surface area (Å²) in [4.78, 5) is 22.4. The molecule has 0 aromatic heterocycles. The molecule has 0 aromatic rings. The number of nitrogens with two attached hydrogens (primary N) is 1. The monoisotopic (exact) mass is 750 g/mol. The van der Waals surface area contributed by atoms with Crippen LogP contribution in [-0.4, -0.2) is 49.9 Å². The molecule has 0 spiro atoms. The molecule has 0 saturated carbocycles. The van der Waals surface area contributed by atoms with Crippen LogP contribution in [0.25, 0.3) is 0 Å². The van der Waals surface area contributed by atoms with Crippen LogP contribution < -0.4 is 5.73 Å². The number of esters is 1. The van der Waals surface area contributed by atoms with Gasteiger partial charge in [-0.2, -0.15) is 0 Å². The molecule has 0 amide bonds. The van der Waals surface area contributed by atoms with Crippen LogP contribution in [0.1, 0.15) is 155 Å². The standard InChI is InChI=1S/C43H76NO7P/c1-3-5-7-9-11-13-15-17-19-20-21-22-23-24-26-28-30-32-34-36-43(45)51-42(41-50-52(46,47)49-39-37-44)40-48-38-35-33-31-29-27-25-18-16-14-12-10-8-6-4-2/h5,7,11,13,17,19,21-22,24,26,30,32,42H,3-4,6,8-10,12,14-16,18,20,23,25,27-29,31,33-41,44H2,1-2H3,(H,46,47)/b7-5-,13-11-,19-17-,22-21-,26-24-,32-30-/t42-/m1/s1. The first-order valence-corrected chi connectivity index (χ1v) is 21.9. The summed E-state index contributed by atoms with van der Waals surface area (Å²) in [5, 5.41) is 0. The minimum absolute atomic E-state index is 0.0843. The number of phosphoric acid groups is 1. The Labute approximate surface area is 318 Å². The molecule has 0 aliphatic heterocycles. The van der Waals surface area contributed by atoms with E-state index in [0.29, 0.717) is 13.0 Å². The number of carbonyl (C=O) groups is 1. The van der Waals surface area contributed by atoms with E-state index >= 15 is 0 Å². The van der Waals surface area contributed by atoms with Gasteiger partial charge in [0.1, 0.15) is 6.10 Å². The molecule has 0 aromatic carbocycles. The molecule has 0 aliphatic rings. The van der Waals surface area contributed by atoms with Crippen molar-refractivity contribution in [1.29, 1.82) is 0 Å². The molecule has 0 heterocycles. The van der Waals surface area contributed by atoms with Crippen molar-refractivity contribution >= 4 is 13.8 Å². The molecule has 2 atom stereocenters. The third-order valence-corrected chi connectivity index (χ3v) is 9.14. The number of unbranched alkanes of at least 4 members (excludes halogenated alkanes) is 13. The number of hydrogen-bond acceptors (Lipinski definition) is 7. The predicted octanol–water partition coefficient (Wildman–Crippen LogP) is 12.0. The topological polar surface area (TPSA) is 117 Å². The van der Waals surface area contributed by atoms with Crippen LogP contribution in [0.15, 0.2) is 72.9 Å². The molecular weight excluding hydrogens is 673 g/mol. The van der Waals surface area contributed by atoms with Crippen LogP contribution in [0.2, 0.25) is 0 Å². The first-order chi connectivity index (χ1) is 25.4. The maximum Gasteiger partial charge on any atom is 0.472 e. The largest absolute Gasteiger partial charge is 0.472 e. The Morgan fingerprint density at radius 3 is 1.50 bits per heavy atom. The van der Waals surface area contributed by atoms with Gasteiger partial charge < -0.3 is 20.1 Å². The van der Waals surface area contributed by atoms with Crippen LogP contribution in [0.4, 0.5) is 0 Å². The highest BCUT2D eigenvalue weighted by atomic mass is 31.2. The lowest BCUT2D eigenvalue weighted by Crippen LogP contribution is -2.28. The fraction of sp³-hybridized carbons (Fsp3) is 0.698. The summed E-state index contributed by atoms with van der Waals surface area (Å²) >= 11 is 0. The van der Waals surface area contributed by atoms with Gasteiger partial charge in [-0.1, -0.05) is 170 Å². The van der Waals surface area contributed by atoms with Crippen LogP contribution in [-0.2, 0) is 27.9 Å². The number of ether oxygens (including phenoxy) is 2. The SMILES string of the molecule is CC/C=C\C/C=C\C/C=C\C/C=C\C/C=C\C/C=C\CCC(=O)O[C@H](COCCCCCCCCCCCCCCCC)COP(=O)(O)OCCN. The van der Waals surface area contributed by atoms with Gasteiger partial charge >= 0.3 is 13.8 Å². The summed E-state index contributed by atoms with van der Waals surface area (Å²) < 4.78 is 33.3. The summed E-state index contributed by atoms with van der Waals surface area (Å²) in [6.07, 6.45) is 49.3. The van der Waals surface area contributed by atoms with Crippen LogP contribution in [0, 0.1) is 0 Å². The molecule has 0 saturated heterocycles. The number of carbonyl (C=O) groups excluding carboxylic acids is 1. The lowest BCUT2D eigenvalue weighted by atomic mass is 10.0. The first-order valence-electron chi connectivity index (χ1n) is 20.4. The smallest absolute Gasteiger partial charge is 0.457 e. The van der Waals surface area contributed by atoms with Crippen molar-refractivity contribution in [3.8, 4) is 0 Å². The average Bonchev–Trinajstić information content (AvgIpc) is 3.13. The van der Waals surface area contributed by atoms with E-state index in [4.69, 9.17) is 24.3 Å². The minimum atomic E-state index is -4.30. The quantitative estimate of drug-likeness (QED) is 0.0277. The summed E-state index contributed by atoms with van der Waals surface area (Å²) in [5.74, 6) is -0.413. The van der Waals surface area contributed by atoms with Crippen molar-refractivity contribution in [3.05, 3.63) is 72.9 Å². The molecule has 52 heavy (non-hydrogen) atoms. The second kappa shape index (κ2) is 40.1.